The number of amides is 2. The van der Waals surface area contributed by atoms with Crippen LogP contribution in [0.4, 0.5) is 11.4 Å². The molecule has 0 saturated carbocycles. The number of alkyl halides is 2. The number of rotatable bonds is 7. The van der Waals surface area contributed by atoms with Gasteiger partial charge in [0.05, 0.1) is 21.1 Å². The number of carboxylic acid groups (broad SMARTS) is 1. The second-order valence-electron chi connectivity index (χ2n) is 13.3. The SMILES string of the molecule is O=C(O)C1O[C@@H](Oc2cc3c(c4ccccc24)[C@H](CCl)CN3C(=O)c2ccc(C(=O)N3C[C@@H](CCl)c4c3cc(O)c3ccccc43)s2)[C@@H](O)C(O)[C@@H]1O. The van der Waals surface area contributed by atoms with Gasteiger partial charge in [-0.15, -0.1) is 34.5 Å². The Morgan fingerprint density at radius 3 is 1.79 bits per heavy atom. The summed E-state index contributed by atoms with van der Waals surface area (Å²) < 4.78 is 11.4. The maximum atomic E-state index is 14.3. The van der Waals surface area contributed by atoms with Crippen molar-refractivity contribution < 1.29 is 49.4 Å². The largest absolute Gasteiger partial charge is 0.507 e. The molecule has 274 valence electrons. The van der Waals surface area contributed by atoms with Crippen LogP contribution in [0.15, 0.2) is 72.8 Å². The molecule has 0 radical (unpaired) electrons. The summed E-state index contributed by atoms with van der Waals surface area (Å²) in [5.41, 5.74) is 2.69. The van der Waals surface area contributed by atoms with Crippen molar-refractivity contribution in [2.45, 2.75) is 42.5 Å². The third-order valence-electron chi connectivity index (χ3n) is 10.2. The van der Waals surface area contributed by atoms with Crippen molar-refractivity contribution in [3.05, 3.63) is 93.7 Å². The molecule has 4 aromatic carbocycles. The van der Waals surface area contributed by atoms with Crippen molar-refractivity contribution in [1.82, 2.24) is 0 Å². The van der Waals surface area contributed by atoms with Gasteiger partial charge in [-0.05, 0) is 34.0 Å². The number of anilines is 2. The number of carbonyl (C=O) groups excluding carboxylic acids is 2. The first-order valence-electron chi connectivity index (χ1n) is 16.8. The number of halogens is 2. The summed E-state index contributed by atoms with van der Waals surface area (Å²) in [6, 6.07) is 20.9. The molecular weight excluding hydrogens is 747 g/mol. The molecule has 2 unspecified atom stereocenters. The minimum absolute atomic E-state index is 0.0480. The van der Waals surface area contributed by atoms with Gasteiger partial charge in [0.15, 0.2) is 6.10 Å². The molecule has 7 atom stereocenters. The van der Waals surface area contributed by atoms with E-state index < -0.39 is 42.6 Å². The Balaban J connectivity index is 1.12. The summed E-state index contributed by atoms with van der Waals surface area (Å²) in [5.74, 6) is -2.10. The summed E-state index contributed by atoms with van der Waals surface area (Å²) in [6.07, 6.45) is -9.11. The number of phenols is 1. The molecule has 4 heterocycles. The van der Waals surface area contributed by atoms with Crippen LogP contribution in [-0.2, 0) is 9.53 Å². The Morgan fingerprint density at radius 2 is 1.25 bits per heavy atom. The van der Waals surface area contributed by atoms with Crippen LogP contribution in [-0.4, -0.2) is 98.9 Å². The number of hydrogen-bond donors (Lipinski definition) is 5. The second-order valence-corrected chi connectivity index (χ2v) is 15.0. The lowest BCUT2D eigenvalue weighted by molar-refractivity contribution is -0.270. The van der Waals surface area contributed by atoms with Crippen molar-refractivity contribution in [2.24, 2.45) is 0 Å². The number of nitrogens with zero attached hydrogens (tertiary/aromatic N) is 2. The first-order valence-corrected chi connectivity index (χ1v) is 18.7. The zero-order valence-electron chi connectivity index (χ0n) is 27.6. The fraction of sp³-hybridized carbons (Fsp3) is 0.289. The number of aromatic hydroxyl groups is 1. The average molecular weight is 780 g/mol. The fourth-order valence-electron chi connectivity index (χ4n) is 7.68. The number of carbonyl (C=O) groups is 3. The predicted octanol–water partition coefficient (Wildman–Crippen LogP) is 5.00. The lowest BCUT2D eigenvalue weighted by atomic mass is 9.95. The summed E-state index contributed by atoms with van der Waals surface area (Å²) in [7, 11) is 0. The summed E-state index contributed by atoms with van der Waals surface area (Å²) in [6.45, 7) is 0.520. The van der Waals surface area contributed by atoms with Gasteiger partial charge in [-0.1, -0.05) is 48.5 Å². The molecular formula is C38H32Cl2N2O10S. The molecule has 1 saturated heterocycles. The van der Waals surface area contributed by atoms with Crippen LogP contribution >= 0.6 is 34.5 Å². The predicted molar refractivity (Wildman–Crippen MR) is 199 cm³/mol. The smallest absolute Gasteiger partial charge is 0.335 e. The highest BCUT2D eigenvalue weighted by molar-refractivity contribution is 7.16. The number of ether oxygens (including phenoxy) is 2. The topological polar surface area (TPSA) is 177 Å². The number of hydrogen-bond acceptors (Lipinski definition) is 10. The van der Waals surface area contributed by atoms with E-state index in [1.807, 2.05) is 30.3 Å². The molecule has 53 heavy (non-hydrogen) atoms. The molecule has 0 bridgehead atoms. The maximum Gasteiger partial charge on any atom is 0.335 e. The number of carboxylic acids is 1. The molecule has 12 nitrogen and oxygen atoms in total. The Hall–Kier alpha value is -4.47. The Labute approximate surface area is 315 Å². The van der Waals surface area contributed by atoms with E-state index in [-0.39, 0.29) is 52.4 Å². The number of fused-ring (bicyclic) bond motifs is 6. The molecule has 5 aromatic rings. The highest BCUT2D eigenvalue weighted by Gasteiger charge is 2.48. The molecule has 2 amide bonds. The first kappa shape index (κ1) is 35.6. The molecule has 15 heteroatoms. The van der Waals surface area contributed by atoms with E-state index in [4.69, 9.17) is 32.7 Å². The zero-order valence-corrected chi connectivity index (χ0v) is 30.0. The van der Waals surface area contributed by atoms with Crippen LogP contribution in [0.3, 0.4) is 0 Å². The van der Waals surface area contributed by atoms with E-state index in [2.05, 4.69) is 0 Å². The number of benzene rings is 4. The van der Waals surface area contributed by atoms with Gasteiger partial charge in [-0.3, -0.25) is 9.59 Å². The van der Waals surface area contributed by atoms with E-state index in [9.17, 15) is 39.9 Å². The van der Waals surface area contributed by atoms with Gasteiger partial charge in [0.1, 0.15) is 29.8 Å². The highest BCUT2D eigenvalue weighted by atomic mass is 35.5. The molecule has 8 rings (SSSR count). The third-order valence-corrected chi connectivity index (χ3v) is 12.0. The number of phenolic OH excluding ortho intramolecular Hbond substituents is 1. The van der Waals surface area contributed by atoms with Crippen molar-refractivity contribution in [1.29, 1.82) is 0 Å². The highest BCUT2D eigenvalue weighted by Crippen LogP contribution is 2.48. The van der Waals surface area contributed by atoms with E-state index in [0.29, 0.717) is 39.0 Å². The van der Waals surface area contributed by atoms with Crippen LogP contribution < -0.4 is 14.5 Å². The summed E-state index contributed by atoms with van der Waals surface area (Å²) >= 11 is 13.9. The molecule has 5 N–H and O–H groups in total. The van der Waals surface area contributed by atoms with Crippen LogP contribution in [0, 0.1) is 0 Å². The molecule has 0 aliphatic carbocycles. The molecule has 3 aliphatic heterocycles. The van der Waals surface area contributed by atoms with Gasteiger partial charge in [0.25, 0.3) is 11.8 Å². The van der Waals surface area contributed by atoms with E-state index >= 15 is 0 Å². The maximum absolute atomic E-state index is 14.3. The lowest BCUT2D eigenvalue weighted by Crippen LogP contribution is -2.61. The van der Waals surface area contributed by atoms with Gasteiger partial charge in [0, 0.05) is 59.6 Å². The number of aliphatic carboxylic acids is 1. The summed E-state index contributed by atoms with van der Waals surface area (Å²) in [4.78, 5) is 43.8. The lowest BCUT2D eigenvalue weighted by Gasteiger charge is -2.38. The minimum Gasteiger partial charge on any atom is -0.507 e. The van der Waals surface area contributed by atoms with Crippen LogP contribution in [0.25, 0.3) is 21.5 Å². The van der Waals surface area contributed by atoms with Crippen LogP contribution in [0.1, 0.15) is 42.3 Å². The monoisotopic (exact) mass is 778 g/mol. The molecule has 3 aliphatic rings. The van der Waals surface area contributed by atoms with Crippen molar-refractivity contribution >= 4 is 85.2 Å². The number of aliphatic hydroxyl groups is 3. The Morgan fingerprint density at radius 1 is 0.736 bits per heavy atom. The second kappa shape index (κ2) is 13.7. The van der Waals surface area contributed by atoms with Gasteiger partial charge >= 0.3 is 5.97 Å². The van der Waals surface area contributed by atoms with Crippen molar-refractivity contribution in [3.8, 4) is 11.5 Å². The normalized spacial score (nSPS) is 25.1. The minimum atomic E-state index is -1.90. The standard InChI is InChI=1S/C38H32Cl2N2O10S/c39-13-17-15-41(23-11-25(43)19-5-1-3-7-21(19)29(17)23)35(47)27-9-10-28(53-27)36(48)42-16-18(14-40)30-22-8-4-2-6-20(22)26(12-24(30)42)51-38-33(46)31(44)32(45)34(52-38)37(49)50/h1-12,17-18,31-34,38,43-46H,13-16H2,(H,49,50)/t17-,18-,31?,32+,33+,34?,38-/m1/s1. The molecule has 0 spiro atoms. The Bertz CT molecular complexity index is 2300. The molecule has 1 fully saturated rings. The van der Waals surface area contributed by atoms with Crippen LogP contribution in [0.2, 0.25) is 0 Å². The molecule has 1 aromatic heterocycles. The van der Waals surface area contributed by atoms with Gasteiger partial charge in [-0.2, -0.15) is 0 Å². The first-order chi connectivity index (χ1) is 25.5. The van der Waals surface area contributed by atoms with Gasteiger partial charge in [-0.25, -0.2) is 4.79 Å². The van der Waals surface area contributed by atoms with E-state index in [1.165, 1.54) is 4.90 Å². The third kappa shape index (κ3) is 5.78. The van der Waals surface area contributed by atoms with Crippen molar-refractivity contribution in [3.63, 3.8) is 0 Å². The number of thiophene rings is 1. The van der Waals surface area contributed by atoms with E-state index in [1.54, 1.807) is 47.4 Å². The quantitative estimate of drug-likeness (QED) is 0.141. The Kier molecular flexibility index (Phi) is 9.22. The fourth-order valence-corrected chi connectivity index (χ4v) is 9.09. The summed E-state index contributed by atoms with van der Waals surface area (Å²) in [5, 5.41) is 54.4. The zero-order chi connectivity index (χ0) is 37.3. The van der Waals surface area contributed by atoms with Gasteiger partial charge in [0.2, 0.25) is 6.29 Å². The van der Waals surface area contributed by atoms with Crippen LogP contribution in [0.5, 0.6) is 11.5 Å². The number of aliphatic hydroxyl groups excluding tert-OH is 3. The van der Waals surface area contributed by atoms with Crippen molar-refractivity contribution in [2.75, 3.05) is 34.6 Å². The van der Waals surface area contributed by atoms with Gasteiger partial charge < -0.3 is 44.8 Å². The van der Waals surface area contributed by atoms with E-state index in [0.717, 1.165) is 27.8 Å². The average Bonchev–Trinajstić information content (AvgIpc) is 3.90.